The van der Waals surface area contributed by atoms with Crippen LogP contribution in [0.5, 0.6) is 5.75 Å². The summed E-state index contributed by atoms with van der Waals surface area (Å²) in [5.74, 6) is -0.282. The van der Waals surface area contributed by atoms with Gasteiger partial charge in [0.15, 0.2) is 0 Å². The Hall–Kier alpha value is -2.56. The molecule has 0 spiro atoms. The van der Waals surface area contributed by atoms with Gasteiger partial charge in [-0.25, -0.2) is 8.42 Å². The van der Waals surface area contributed by atoms with Crippen molar-refractivity contribution in [2.24, 2.45) is 0 Å². The molecule has 0 fully saturated rings. The lowest BCUT2D eigenvalue weighted by atomic mass is 10.2. The SMILES string of the molecule is CCn1c(=O)sc2cc(NC(=O)C(C)N(c3cc(Cl)ccc3OC)S(C)(=O)=O)ccc21. The maximum atomic E-state index is 13.0. The largest absolute Gasteiger partial charge is 0.495 e. The Labute approximate surface area is 189 Å². The molecule has 0 aliphatic carbocycles. The van der Waals surface area contributed by atoms with E-state index < -0.39 is 22.0 Å². The van der Waals surface area contributed by atoms with E-state index in [2.05, 4.69) is 5.32 Å². The standard InChI is InChI=1S/C20H22ClN3O5S2/c1-5-23-15-8-7-14(11-18(15)30-20(23)26)22-19(25)12(2)24(31(4,27)28)16-10-13(21)6-9-17(16)29-3/h6-12H,5H2,1-4H3,(H,22,25). The molecule has 166 valence electrons. The van der Waals surface area contributed by atoms with E-state index in [0.29, 0.717) is 17.3 Å². The van der Waals surface area contributed by atoms with Gasteiger partial charge in [0.1, 0.15) is 11.8 Å². The number of anilines is 2. The van der Waals surface area contributed by atoms with E-state index in [1.54, 1.807) is 28.8 Å². The summed E-state index contributed by atoms with van der Waals surface area (Å²) in [6.45, 7) is 3.91. The van der Waals surface area contributed by atoms with Crippen molar-refractivity contribution in [3.63, 3.8) is 0 Å². The van der Waals surface area contributed by atoms with Gasteiger partial charge in [0.2, 0.25) is 15.9 Å². The van der Waals surface area contributed by atoms with Crippen molar-refractivity contribution < 1.29 is 17.9 Å². The number of benzene rings is 2. The first-order valence-electron chi connectivity index (χ1n) is 9.34. The lowest BCUT2D eigenvalue weighted by molar-refractivity contribution is -0.116. The summed E-state index contributed by atoms with van der Waals surface area (Å²) in [6, 6.07) is 8.57. The number of carbonyl (C=O) groups excluding carboxylic acids is 1. The molecule has 1 heterocycles. The normalized spacial score (nSPS) is 12.5. The van der Waals surface area contributed by atoms with Crippen molar-refractivity contribution in [1.82, 2.24) is 4.57 Å². The number of nitrogens with zero attached hydrogens (tertiary/aromatic N) is 2. The highest BCUT2D eigenvalue weighted by Crippen LogP contribution is 2.34. The molecule has 0 radical (unpaired) electrons. The number of rotatable bonds is 7. The molecule has 1 amide bonds. The molecule has 1 aromatic heterocycles. The summed E-state index contributed by atoms with van der Waals surface area (Å²) in [7, 11) is -2.45. The van der Waals surface area contributed by atoms with E-state index in [1.807, 2.05) is 6.92 Å². The number of fused-ring (bicyclic) bond motifs is 1. The van der Waals surface area contributed by atoms with Crippen molar-refractivity contribution >= 4 is 60.5 Å². The Bertz CT molecular complexity index is 1300. The van der Waals surface area contributed by atoms with Crippen LogP contribution in [0.3, 0.4) is 0 Å². The van der Waals surface area contributed by atoms with Crippen molar-refractivity contribution in [1.29, 1.82) is 0 Å². The number of aryl methyl sites for hydroxylation is 1. The summed E-state index contributed by atoms with van der Waals surface area (Å²) in [5.41, 5.74) is 1.40. The Morgan fingerprint density at radius 1 is 1.29 bits per heavy atom. The predicted octanol–water partition coefficient (Wildman–Crippen LogP) is 3.54. The monoisotopic (exact) mass is 483 g/mol. The van der Waals surface area contributed by atoms with E-state index in [1.165, 1.54) is 26.2 Å². The van der Waals surface area contributed by atoms with Crippen LogP contribution in [0.15, 0.2) is 41.2 Å². The van der Waals surface area contributed by atoms with Crippen LogP contribution in [0.4, 0.5) is 11.4 Å². The molecule has 0 aliphatic rings. The third kappa shape index (κ3) is 4.70. The molecule has 1 atom stereocenters. The minimum Gasteiger partial charge on any atom is -0.495 e. The highest BCUT2D eigenvalue weighted by Gasteiger charge is 2.31. The van der Waals surface area contributed by atoms with Crippen LogP contribution < -0.4 is 19.2 Å². The van der Waals surface area contributed by atoms with Gasteiger partial charge in [0.25, 0.3) is 0 Å². The van der Waals surface area contributed by atoms with E-state index in [9.17, 15) is 18.0 Å². The van der Waals surface area contributed by atoms with Crippen LogP contribution in [0.1, 0.15) is 13.8 Å². The highest BCUT2D eigenvalue weighted by atomic mass is 35.5. The molecule has 11 heteroatoms. The minimum atomic E-state index is -3.85. The number of amides is 1. The van der Waals surface area contributed by atoms with E-state index in [4.69, 9.17) is 16.3 Å². The quantitative estimate of drug-likeness (QED) is 0.554. The minimum absolute atomic E-state index is 0.0781. The highest BCUT2D eigenvalue weighted by molar-refractivity contribution is 7.92. The van der Waals surface area contributed by atoms with Crippen LogP contribution in [-0.4, -0.2) is 38.3 Å². The fourth-order valence-electron chi connectivity index (χ4n) is 3.31. The van der Waals surface area contributed by atoms with Crippen molar-refractivity contribution in [2.45, 2.75) is 26.4 Å². The van der Waals surface area contributed by atoms with Gasteiger partial charge in [-0.3, -0.25) is 18.5 Å². The number of sulfonamides is 1. The summed E-state index contributed by atoms with van der Waals surface area (Å²) >= 11 is 7.15. The molecule has 3 rings (SSSR count). The number of nitrogens with one attached hydrogen (secondary N) is 1. The fourth-order valence-corrected chi connectivity index (χ4v) is 5.64. The Morgan fingerprint density at radius 3 is 2.61 bits per heavy atom. The summed E-state index contributed by atoms with van der Waals surface area (Å²) in [6.07, 6.45) is 1.01. The topological polar surface area (TPSA) is 97.7 Å². The second kappa shape index (κ2) is 8.89. The van der Waals surface area contributed by atoms with Crippen LogP contribution in [0.2, 0.25) is 5.02 Å². The lowest BCUT2D eigenvalue weighted by Crippen LogP contribution is -2.45. The zero-order valence-electron chi connectivity index (χ0n) is 17.4. The first kappa shape index (κ1) is 23.1. The summed E-state index contributed by atoms with van der Waals surface area (Å²) in [4.78, 5) is 24.9. The van der Waals surface area contributed by atoms with Gasteiger partial charge in [-0.2, -0.15) is 0 Å². The smallest absolute Gasteiger partial charge is 0.308 e. The molecular weight excluding hydrogens is 462 g/mol. The van der Waals surface area contributed by atoms with Crippen molar-refractivity contribution in [3.8, 4) is 5.75 Å². The Kier molecular flexibility index (Phi) is 6.63. The van der Waals surface area contributed by atoms with Gasteiger partial charge >= 0.3 is 4.87 Å². The number of carbonyl (C=O) groups is 1. The molecular formula is C20H22ClN3O5S2. The molecule has 0 saturated heterocycles. The maximum Gasteiger partial charge on any atom is 0.308 e. The van der Waals surface area contributed by atoms with Gasteiger partial charge in [-0.15, -0.1) is 0 Å². The molecule has 8 nitrogen and oxygen atoms in total. The number of halogens is 1. The zero-order chi connectivity index (χ0) is 22.9. The third-order valence-corrected chi connectivity index (χ3v) is 7.12. The maximum absolute atomic E-state index is 13.0. The van der Waals surface area contributed by atoms with Gasteiger partial charge in [0, 0.05) is 17.3 Å². The van der Waals surface area contributed by atoms with Crippen molar-refractivity contribution in [2.75, 3.05) is 23.0 Å². The fraction of sp³-hybridized carbons (Fsp3) is 0.300. The second-order valence-electron chi connectivity index (χ2n) is 6.83. The number of thiazole rings is 1. The third-order valence-electron chi connectivity index (χ3n) is 4.72. The number of aromatic nitrogens is 1. The van der Waals surface area contributed by atoms with Gasteiger partial charge in [-0.05, 0) is 50.2 Å². The first-order valence-corrected chi connectivity index (χ1v) is 12.4. The van der Waals surface area contributed by atoms with Gasteiger partial charge in [-0.1, -0.05) is 22.9 Å². The van der Waals surface area contributed by atoms with E-state index >= 15 is 0 Å². The number of ether oxygens (including phenoxy) is 1. The summed E-state index contributed by atoms with van der Waals surface area (Å²) < 4.78 is 33.8. The Balaban J connectivity index is 1.95. The van der Waals surface area contributed by atoms with Gasteiger partial charge < -0.3 is 10.1 Å². The Morgan fingerprint density at radius 2 is 2.00 bits per heavy atom. The molecule has 31 heavy (non-hydrogen) atoms. The second-order valence-corrected chi connectivity index (χ2v) is 10.1. The molecule has 2 aromatic carbocycles. The zero-order valence-corrected chi connectivity index (χ0v) is 19.8. The average Bonchev–Trinajstić information content (AvgIpc) is 3.01. The summed E-state index contributed by atoms with van der Waals surface area (Å²) in [5, 5.41) is 3.04. The van der Waals surface area contributed by atoms with Gasteiger partial charge in [0.05, 0.1) is 29.3 Å². The molecule has 0 saturated carbocycles. The van der Waals surface area contributed by atoms with Crippen LogP contribution >= 0.6 is 22.9 Å². The number of methoxy groups -OCH3 is 1. The molecule has 3 aromatic rings. The van der Waals surface area contributed by atoms with E-state index in [0.717, 1.165) is 32.1 Å². The van der Waals surface area contributed by atoms with E-state index in [-0.39, 0.29) is 16.3 Å². The molecule has 1 unspecified atom stereocenters. The molecule has 0 aliphatic heterocycles. The number of hydrogen-bond donors (Lipinski definition) is 1. The first-order chi connectivity index (χ1) is 14.6. The average molecular weight is 484 g/mol. The van der Waals surface area contributed by atoms with Crippen LogP contribution in [-0.2, 0) is 21.4 Å². The van der Waals surface area contributed by atoms with Crippen LogP contribution in [0.25, 0.3) is 10.2 Å². The van der Waals surface area contributed by atoms with Crippen molar-refractivity contribution in [3.05, 3.63) is 51.1 Å². The molecule has 1 N–H and O–H groups in total. The van der Waals surface area contributed by atoms with Crippen LogP contribution in [0, 0.1) is 0 Å². The predicted molar refractivity (Wildman–Crippen MR) is 125 cm³/mol. The number of hydrogen-bond acceptors (Lipinski definition) is 6. The molecule has 0 bridgehead atoms. The lowest BCUT2D eigenvalue weighted by Gasteiger charge is -2.29.